The number of rotatable bonds is 4. The zero-order valence-electron chi connectivity index (χ0n) is 7.43. The van der Waals surface area contributed by atoms with E-state index in [0.29, 0.717) is 6.42 Å². The van der Waals surface area contributed by atoms with Crippen LogP contribution in [-0.4, -0.2) is 11.8 Å². The average molecular weight is 177 g/mol. The highest BCUT2D eigenvalue weighted by molar-refractivity contribution is 5.81. The van der Waals surface area contributed by atoms with Gasteiger partial charge in [-0.15, -0.1) is 0 Å². The molecule has 0 unspecified atom stereocenters. The SMILES string of the molecule is CC(=O)[C@H](Cc1ccccc1)N=O. The molecule has 0 aliphatic carbocycles. The molecule has 3 nitrogen and oxygen atoms in total. The summed E-state index contributed by atoms with van der Waals surface area (Å²) in [5.41, 5.74) is 0.960. The van der Waals surface area contributed by atoms with Gasteiger partial charge in [-0.25, -0.2) is 0 Å². The molecule has 0 fully saturated rings. The van der Waals surface area contributed by atoms with E-state index < -0.39 is 6.04 Å². The monoisotopic (exact) mass is 177 g/mol. The summed E-state index contributed by atoms with van der Waals surface area (Å²) in [6, 6.07) is 8.65. The predicted octanol–water partition coefficient (Wildman–Crippen LogP) is 1.95. The van der Waals surface area contributed by atoms with E-state index in [1.165, 1.54) is 6.92 Å². The molecule has 0 aromatic heterocycles. The Morgan fingerprint density at radius 1 is 1.38 bits per heavy atom. The molecule has 0 amide bonds. The Balaban J connectivity index is 2.67. The van der Waals surface area contributed by atoms with Gasteiger partial charge in [0.2, 0.25) is 0 Å². The van der Waals surface area contributed by atoms with E-state index in [2.05, 4.69) is 5.18 Å². The molecule has 0 heterocycles. The molecule has 13 heavy (non-hydrogen) atoms. The van der Waals surface area contributed by atoms with Crippen molar-refractivity contribution in [3.63, 3.8) is 0 Å². The molecule has 0 N–H and O–H groups in total. The third kappa shape index (κ3) is 2.78. The predicted molar refractivity (Wildman–Crippen MR) is 50.4 cm³/mol. The summed E-state index contributed by atoms with van der Waals surface area (Å²) in [6.07, 6.45) is 0.402. The number of benzene rings is 1. The van der Waals surface area contributed by atoms with Gasteiger partial charge >= 0.3 is 0 Å². The van der Waals surface area contributed by atoms with Gasteiger partial charge in [-0.3, -0.25) is 4.79 Å². The lowest BCUT2D eigenvalue weighted by Crippen LogP contribution is -2.17. The van der Waals surface area contributed by atoms with Crippen LogP contribution >= 0.6 is 0 Å². The molecule has 68 valence electrons. The van der Waals surface area contributed by atoms with E-state index >= 15 is 0 Å². The van der Waals surface area contributed by atoms with Crippen molar-refractivity contribution in [2.24, 2.45) is 5.18 Å². The molecule has 1 rings (SSSR count). The van der Waals surface area contributed by atoms with Gasteiger partial charge in [0.05, 0.1) is 0 Å². The third-order valence-corrected chi connectivity index (χ3v) is 1.87. The standard InChI is InChI=1S/C10H11NO2/c1-8(12)10(11-13)7-9-5-3-2-4-6-9/h2-6,10H,7H2,1H3/t10-/m0/s1. The first-order valence-corrected chi connectivity index (χ1v) is 4.11. The van der Waals surface area contributed by atoms with Gasteiger partial charge in [-0.1, -0.05) is 35.5 Å². The summed E-state index contributed by atoms with van der Waals surface area (Å²) >= 11 is 0. The Kier molecular flexibility index (Phi) is 3.31. The maximum atomic E-state index is 10.9. The lowest BCUT2D eigenvalue weighted by atomic mass is 10.0. The molecule has 3 heteroatoms. The maximum absolute atomic E-state index is 10.9. The molecular weight excluding hydrogens is 166 g/mol. The Morgan fingerprint density at radius 3 is 2.46 bits per heavy atom. The average Bonchev–Trinajstić information content (AvgIpc) is 2.15. The van der Waals surface area contributed by atoms with Crippen molar-refractivity contribution in [3.05, 3.63) is 40.8 Å². The van der Waals surface area contributed by atoms with Gasteiger partial charge in [-0.2, -0.15) is 4.91 Å². The van der Waals surface area contributed by atoms with Crippen LogP contribution in [0.5, 0.6) is 0 Å². The number of hydrogen-bond donors (Lipinski definition) is 0. The second-order valence-corrected chi connectivity index (χ2v) is 2.92. The summed E-state index contributed by atoms with van der Waals surface area (Å²) in [4.78, 5) is 21.2. The quantitative estimate of drug-likeness (QED) is 0.660. The Hall–Kier alpha value is -1.51. The molecule has 0 spiro atoms. The first kappa shape index (κ1) is 9.58. The largest absolute Gasteiger partial charge is 0.297 e. The van der Waals surface area contributed by atoms with Gasteiger partial charge in [0.25, 0.3) is 0 Å². The van der Waals surface area contributed by atoms with E-state index in [-0.39, 0.29) is 5.78 Å². The van der Waals surface area contributed by atoms with E-state index in [4.69, 9.17) is 0 Å². The number of carbonyl (C=O) groups excluding carboxylic acids is 1. The fourth-order valence-electron chi connectivity index (χ4n) is 1.09. The normalized spacial score (nSPS) is 12.1. The minimum Gasteiger partial charge on any atom is -0.297 e. The first-order chi connectivity index (χ1) is 6.24. The molecule has 1 aromatic rings. The number of Topliss-reactive ketones (excluding diaryl/α,β-unsaturated/α-hetero) is 1. The summed E-state index contributed by atoms with van der Waals surface area (Å²) in [5, 5.41) is 2.78. The molecule has 0 bridgehead atoms. The molecular formula is C10H11NO2. The van der Waals surface area contributed by atoms with Crippen molar-refractivity contribution in [3.8, 4) is 0 Å². The van der Waals surface area contributed by atoms with E-state index in [1.807, 2.05) is 30.3 Å². The van der Waals surface area contributed by atoms with E-state index in [1.54, 1.807) is 0 Å². The van der Waals surface area contributed by atoms with Crippen molar-refractivity contribution in [2.75, 3.05) is 0 Å². The highest BCUT2D eigenvalue weighted by Gasteiger charge is 2.14. The Morgan fingerprint density at radius 2 is 2.00 bits per heavy atom. The van der Waals surface area contributed by atoms with Gasteiger partial charge in [-0.05, 0) is 12.5 Å². The molecule has 0 aliphatic rings. The summed E-state index contributed by atoms with van der Waals surface area (Å²) in [5.74, 6) is -0.182. The summed E-state index contributed by atoms with van der Waals surface area (Å²) in [7, 11) is 0. The molecule has 1 aromatic carbocycles. The lowest BCUT2D eigenvalue weighted by Gasteiger charge is -2.03. The van der Waals surface area contributed by atoms with Crippen LogP contribution in [0.25, 0.3) is 0 Å². The van der Waals surface area contributed by atoms with E-state index in [9.17, 15) is 9.70 Å². The van der Waals surface area contributed by atoms with Crippen molar-refractivity contribution >= 4 is 5.78 Å². The van der Waals surface area contributed by atoms with Crippen LogP contribution in [0.15, 0.2) is 35.5 Å². The maximum Gasteiger partial charge on any atom is 0.158 e. The van der Waals surface area contributed by atoms with Gasteiger partial charge < -0.3 is 0 Å². The van der Waals surface area contributed by atoms with Crippen molar-refractivity contribution in [2.45, 2.75) is 19.4 Å². The van der Waals surface area contributed by atoms with Crippen LogP contribution in [-0.2, 0) is 11.2 Å². The van der Waals surface area contributed by atoms with Crippen LogP contribution in [0.1, 0.15) is 12.5 Å². The molecule has 0 aliphatic heterocycles. The fraction of sp³-hybridized carbons (Fsp3) is 0.300. The van der Waals surface area contributed by atoms with Gasteiger partial charge in [0.15, 0.2) is 11.8 Å². The number of ketones is 1. The van der Waals surface area contributed by atoms with E-state index in [0.717, 1.165) is 5.56 Å². The topological polar surface area (TPSA) is 46.5 Å². The number of hydrogen-bond acceptors (Lipinski definition) is 3. The van der Waals surface area contributed by atoms with Crippen LogP contribution in [0.2, 0.25) is 0 Å². The molecule has 0 radical (unpaired) electrons. The van der Waals surface area contributed by atoms with Crippen LogP contribution in [0.3, 0.4) is 0 Å². The summed E-state index contributed by atoms with van der Waals surface area (Å²) < 4.78 is 0. The molecule has 0 saturated carbocycles. The first-order valence-electron chi connectivity index (χ1n) is 4.11. The van der Waals surface area contributed by atoms with Crippen molar-refractivity contribution in [1.29, 1.82) is 0 Å². The van der Waals surface area contributed by atoms with Gasteiger partial charge in [0, 0.05) is 6.42 Å². The van der Waals surface area contributed by atoms with Crippen LogP contribution < -0.4 is 0 Å². The van der Waals surface area contributed by atoms with Crippen LogP contribution in [0.4, 0.5) is 0 Å². The third-order valence-electron chi connectivity index (χ3n) is 1.87. The summed E-state index contributed by atoms with van der Waals surface area (Å²) in [6.45, 7) is 1.38. The highest BCUT2D eigenvalue weighted by atomic mass is 16.3. The van der Waals surface area contributed by atoms with Crippen molar-refractivity contribution < 1.29 is 4.79 Å². The molecule has 1 atom stereocenters. The van der Waals surface area contributed by atoms with Gasteiger partial charge in [0.1, 0.15) is 0 Å². The van der Waals surface area contributed by atoms with Crippen molar-refractivity contribution in [1.82, 2.24) is 0 Å². The Labute approximate surface area is 76.7 Å². The number of nitrogens with zero attached hydrogens (tertiary/aromatic N) is 1. The minimum absolute atomic E-state index is 0.182. The zero-order valence-corrected chi connectivity index (χ0v) is 7.43. The molecule has 0 saturated heterocycles. The second-order valence-electron chi connectivity index (χ2n) is 2.92. The minimum atomic E-state index is -0.734. The number of nitroso groups, excluding NO2 is 1. The fourth-order valence-corrected chi connectivity index (χ4v) is 1.09. The Bertz CT molecular complexity index is 295. The zero-order chi connectivity index (χ0) is 9.68. The second kappa shape index (κ2) is 4.50. The lowest BCUT2D eigenvalue weighted by molar-refractivity contribution is -0.118. The highest BCUT2D eigenvalue weighted by Crippen LogP contribution is 2.06. The van der Waals surface area contributed by atoms with Crippen LogP contribution in [0, 0.1) is 4.91 Å². The smallest absolute Gasteiger partial charge is 0.158 e. The number of carbonyl (C=O) groups is 1.